The maximum atomic E-state index is 12.2. The largest absolute Gasteiger partial charge is 0.369 e. The number of likely N-dealkylation sites (N-methyl/N-ethyl adjacent to an activating group) is 1. The van der Waals surface area contributed by atoms with Crippen LogP contribution in [0.1, 0.15) is 11.4 Å². The Labute approximate surface area is 127 Å². The third-order valence-electron chi connectivity index (χ3n) is 3.71. The van der Waals surface area contributed by atoms with E-state index in [0.717, 1.165) is 43.3 Å². The molecule has 0 aromatic carbocycles. The van der Waals surface area contributed by atoms with Crippen molar-refractivity contribution in [2.24, 2.45) is 0 Å². The van der Waals surface area contributed by atoms with E-state index in [1.54, 1.807) is 18.5 Å². The standard InChI is InChI=1S/C14H19N5OS/c1-17-4-2-5-18(7-6-17)12-9-14(20)19(16-10-12)11-13-15-3-8-21-13/h3,8-10H,2,4-7,11H2,1H3. The fourth-order valence-electron chi connectivity index (χ4n) is 2.48. The Hall–Kier alpha value is -1.73. The lowest BCUT2D eigenvalue weighted by atomic mass is 10.3. The van der Waals surface area contributed by atoms with E-state index in [1.807, 2.05) is 5.38 Å². The van der Waals surface area contributed by atoms with Gasteiger partial charge in [0, 0.05) is 37.3 Å². The molecule has 2 aromatic rings. The second-order valence-corrected chi connectivity index (χ2v) is 6.26. The lowest BCUT2D eigenvalue weighted by Gasteiger charge is -2.22. The number of anilines is 1. The molecule has 1 aliphatic rings. The van der Waals surface area contributed by atoms with Crippen LogP contribution in [0.3, 0.4) is 0 Å². The maximum Gasteiger partial charge on any atom is 0.269 e. The van der Waals surface area contributed by atoms with E-state index in [4.69, 9.17) is 0 Å². The predicted molar refractivity (Wildman–Crippen MR) is 84.0 cm³/mol. The Morgan fingerprint density at radius 1 is 1.29 bits per heavy atom. The first-order valence-electron chi connectivity index (χ1n) is 7.11. The van der Waals surface area contributed by atoms with Crippen LogP contribution in [-0.2, 0) is 6.54 Å². The van der Waals surface area contributed by atoms with Crippen LogP contribution < -0.4 is 10.5 Å². The molecule has 3 heterocycles. The van der Waals surface area contributed by atoms with Crippen LogP contribution in [0, 0.1) is 0 Å². The number of hydrogen-bond donors (Lipinski definition) is 0. The average Bonchev–Trinajstić information content (AvgIpc) is 2.88. The maximum absolute atomic E-state index is 12.2. The Kier molecular flexibility index (Phi) is 4.31. The van der Waals surface area contributed by atoms with Crippen LogP contribution in [-0.4, -0.2) is 52.9 Å². The summed E-state index contributed by atoms with van der Waals surface area (Å²) in [6.45, 7) is 4.48. The van der Waals surface area contributed by atoms with Crippen LogP contribution in [0.2, 0.25) is 0 Å². The van der Waals surface area contributed by atoms with Gasteiger partial charge in [0.2, 0.25) is 0 Å². The first kappa shape index (κ1) is 14.2. The van der Waals surface area contributed by atoms with Gasteiger partial charge in [-0.3, -0.25) is 4.79 Å². The van der Waals surface area contributed by atoms with Gasteiger partial charge < -0.3 is 9.80 Å². The topological polar surface area (TPSA) is 54.3 Å². The Morgan fingerprint density at radius 2 is 2.19 bits per heavy atom. The van der Waals surface area contributed by atoms with Crippen LogP contribution in [0.5, 0.6) is 0 Å². The van der Waals surface area contributed by atoms with Crippen molar-refractivity contribution in [1.82, 2.24) is 19.7 Å². The molecule has 0 spiro atoms. The minimum Gasteiger partial charge on any atom is -0.369 e. The number of nitrogens with zero attached hydrogens (tertiary/aromatic N) is 5. The van der Waals surface area contributed by atoms with Crippen molar-refractivity contribution in [2.45, 2.75) is 13.0 Å². The lowest BCUT2D eigenvalue weighted by molar-refractivity contribution is 0.360. The van der Waals surface area contributed by atoms with E-state index in [2.05, 4.69) is 26.9 Å². The molecule has 1 aliphatic heterocycles. The van der Waals surface area contributed by atoms with E-state index in [1.165, 1.54) is 16.0 Å². The van der Waals surface area contributed by atoms with Crippen LogP contribution in [0.25, 0.3) is 0 Å². The Morgan fingerprint density at radius 3 is 2.95 bits per heavy atom. The summed E-state index contributed by atoms with van der Waals surface area (Å²) < 4.78 is 1.46. The third-order valence-corrected chi connectivity index (χ3v) is 4.47. The monoisotopic (exact) mass is 305 g/mol. The first-order chi connectivity index (χ1) is 10.2. The SMILES string of the molecule is CN1CCCN(c2cnn(Cc3nccs3)c(=O)c2)CC1. The number of rotatable bonds is 3. The Bertz CT molecular complexity index is 639. The molecular formula is C14H19N5OS. The van der Waals surface area contributed by atoms with Crippen molar-refractivity contribution in [2.75, 3.05) is 38.1 Å². The van der Waals surface area contributed by atoms with Gasteiger partial charge in [0.05, 0.1) is 18.4 Å². The van der Waals surface area contributed by atoms with Gasteiger partial charge in [-0.15, -0.1) is 11.3 Å². The molecule has 0 N–H and O–H groups in total. The van der Waals surface area contributed by atoms with Gasteiger partial charge in [0.1, 0.15) is 5.01 Å². The van der Waals surface area contributed by atoms with Gasteiger partial charge in [-0.2, -0.15) is 5.10 Å². The normalized spacial score (nSPS) is 16.9. The summed E-state index contributed by atoms with van der Waals surface area (Å²) in [7, 11) is 2.13. The molecule has 0 radical (unpaired) electrons. The second kappa shape index (κ2) is 6.36. The summed E-state index contributed by atoms with van der Waals surface area (Å²) in [5.74, 6) is 0. The molecule has 3 rings (SSSR count). The molecule has 1 fully saturated rings. The van der Waals surface area contributed by atoms with Gasteiger partial charge >= 0.3 is 0 Å². The van der Waals surface area contributed by atoms with Crippen molar-refractivity contribution in [3.05, 3.63) is 39.2 Å². The number of hydrogen-bond acceptors (Lipinski definition) is 6. The van der Waals surface area contributed by atoms with Crippen LogP contribution >= 0.6 is 11.3 Å². The van der Waals surface area contributed by atoms with E-state index >= 15 is 0 Å². The van der Waals surface area contributed by atoms with Gasteiger partial charge in [0.15, 0.2) is 0 Å². The van der Waals surface area contributed by atoms with Gasteiger partial charge in [-0.05, 0) is 20.0 Å². The molecule has 0 amide bonds. The van der Waals surface area contributed by atoms with E-state index < -0.39 is 0 Å². The summed E-state index contributed by atoms with van der Waals surface area (Å²) in [6, 6.07) is 1.69. The van der Waals surface area contributed by atoms with E-state index in [0.29, 0.717) is 6.54 Å². The van der Waals surface area contributed by atoms with Gasteiger partial charge in [-0.1, -0.05) is 0 Å². The number of thiazole rings is 1. The smallest absolute Gasteiger partial charge is 0.269 e. The highest BCUT2D eigenvalue weighted by Gasteiger charge is 2.14. The average molecular weight is 305 g/mol. The summed E-state index contributed by atoms with van der Waals surface area (Å²) in [5.41, 5.74) is 0.853. The summed E-state index contributed by atoms with van der Waals surface area (Å²) in [5, 5.41) is 7.10. The molecule has 21 heavy (non-hydrogen) atoms. The highest BCUT2D eigenvalue weighted by Crippen LogP contribution is 2.13. The van der Waals surface area contributed by atoms with Crippen molar-refractivity contribution in [1.29, 1.82) is 0 Å². The van der Waals surface area contributed by atoms with Crippen molar-refractivity contribution in [3.8, 4) is 0 Å². The molecule has 0 bridgehead atoms. The summed E-state index contributed by atoms with van der Waals surface area (Å²) in [4.78, 5) is 20.9. The minimum absolute atomic E-state index is 0.0692. The lowest BCUT2D eigenvalue weighted by Crippen LogP contribution is -2.31. The molecule has 0 atom stereocenters. The summed E-state index contributed by atoms with van der Waals surface area (Å²) in [6.07, 6.45) is 4.65. The van der Waals surface area contributed by atoms with Crippen LogP contribution in [0.4, 0.5) is 5.69 Å². The molecule has 2 aromatic heterocycles. The Balaban J connectivity index is 1.76. The quantitative estimate of drug-likeness (QED) is 0.843. The fraction of sp³-hybridized carbons (Fsp3) is 0.500. The third kappa shape index (κ3) is 3.48. The van der Waals surface area contributed by atoms with Crippen LogP contribution in [0.15, 0.2) is 28.6 Å². The van der Waals surface area contributed by atoms with E-state index in [-0.39, 0.29) is 5.56 Å². The highest BCUT2D eigenvalue weighted by molar-refractivity contribution is 7.09. The fourth-order valence-corrected chi connectivity index (χ4v) is 3.08. The zero-order valence-corrected chi connectivity index (χ0v) is 12.9. The van der Waals surface area contributed by atoms with E-state index in [9.17, 15) is 4.79 Å². The molecule has 1 saturated heterocycles. The molecule has 112 valence electrons. The second-order valence-electron chi connectivity index (χ2n) is 5.28. The zero-order valence-electron chi connectivity index (χ0n) is 12.1. The zero-order chi connectivity index (χ0) is 14.7. The molecule has 0 aliphatic carbocycles. The molecular weight excluding hydrogens is 286 g/mol. The molecule has 0 saturated carbocycles. The number of aromatic nitrogens is 3. The van der Waals surface area contributed by atoms with Gasteiger partial charge in [0.25, 0.3) is 5.56 Å². The van der Waals surface area contributed by atoms with Gasteiger partial charge in [-0.25, -0.2) is 9.67 Å². The van der Waals surface area contributed by atoms with Crippen molar-refractivity contribution in [3.63, 3.8) is 0 Å². The van der Waals surface area contributed by atoms with Crippen molar-refractivity contribution < 1.29 is 0 Å². The predicted octanol–water partition coefficient (Wildman–Crippen LogP) is 0.890. The highest BCUT2D eigenvalue weighted by atomic mass is 32.1. The minimum atomic E-state index is -0.0692. The summed E-state index contributed by atoms with van der Waals surface area (Å²) >= 11 is 1.53. The molecule has 0 unspecified atom stereocenters. The van der Waals surface area contributed by atoms with Crippen molar-refractivity contribution >= 4 is 17.0 Å². The first-order valence-corrected chi connectivity index (χ1v) is 7.99. The molecule has 7 heteroatoms. The molecule has 6 nitrogen and oxygen atoms in total.